The lowest BCUT2D eigenvalue weighted by Crippen LogP contribution is -2.10. The predicted molar refractivity (Wildman–Crippen MR) is 69.6 cm³/mol. The lowest BCUT2D eigenvalue weighted by atomic mass is 10.1. The summed E-state index contributed by atoms with van der Waals surface area (Å²) in [5, 5.41) is 11.9. The number of benzene rings is 2. The number of hydrogen-bond acceptors (Lipinski definition) is 2. The van der Waals surface area contributed by atoms with Crippen molar-refractivity contribution in [3.63, 3.8) is 0 Å². The zero-order valence-corrected chi connectivity index (χ0v) is 10.3. The molecule has 0 heterocycles. The first-order valence-corrected chi connectivity index (χ1v) is 5.83. The summed E-state index contributed by atoms with van der Waals surface area (Å²) in [6.07, 6.45) is 0. The average molecular weight is 258 g/mol. The molecule has 1 unspecified atom stereocenters. The molecule has 2 nitrogen and oxygen atoms in total. The molecule has 96 valence electrons. The van der Waals surface area contributed by atoms with Gasteiger partial charge in [-0.2, -0.15) is 5.26 Å². The summed E-state index contributed by atoms with van der Waals surface area (Å²) in [4.78, 5) is 0. The van der Waals surface area contributed by atoms with Crippen molar-refractivity contribution in [1.82, 2.24) is 0 Å². The van der Waals surface area contributed by atoms with Crippen LogP contribution in [0.25, 0.3) is 0 Å². The topological polar surface area (TPSA) is 35.8 Å². The van der Waals surface area contributed by atoms with E-state index < -0.39 is 5.82 Å². The van der Waals surface area contributed by atoms with Gasteiger partial charge in [0, 0.05) is 5.56 Å². The minimum absolute atomic E-state index is 0.0642. The third kappa shape index (κ3) is 2.71. The standard InChI is InChI=1S/C15H12F2N2/c1-10(11-5-2-3-6-13(11)16)19-15-8-4-7-14(17)12(15)9-18/h2-8,10,19H,1H3. The van der Waals surface area contributed by atoms with Gasteiger partial charge in [-0.3, -0.25) is 0 Å². The van der Waals surface area contributed by atoms with E-state index in [9.17, 15) is 8.78 Å². The molecule has 1 N–H and O–H groups in total. The summed E-state index contributed by atoms with van der Waals surface area (Å²) in [6, 6.07) is 12.1. The second-order valence-corrected chi connectivity index (χ2v) is 4.16. The van der Waals surface area contributed by atoms with E-state index in [0.29, 0.717) is 11.3 Å². The fourth-order valence-electron chi connectivity index (χ4n) is 1.90. The predicted octanol–water partition coefficient (Wildman–Crippen LogP) is 4.01. The first-order valence-electron chi connectivity index (χ1n) is 5.83. The molecule has 0 fully saturated rings. The second-order valence-electron chi connectivity index (χ2n) is 4.16. The van der Waals surface area contributed by atoms with Crippen molar-refractivity contribution >= 4 is 5.69 Å². The van der Waals surface area contributed by atoms with E-state index in [-0.39, 0.29) is 17.4 Å². The smallest absolute Gasteiger partial charge is 0.143 e. The van der Waals surface area contributed by atoms with Crippen LogP contribution in [0, 0.1) is 23.0 Å². The maximum atomic E-state index is 13.6. The molecular formula is C15H12F2N2. The summed E-state index contributed by atoms with van der Waals surface area (Å²) >= 11 is 0. The summed E-state index contributed by atoms with van der Waals surface area (Å²) in [5.74, 6) is -0.925. The zero-order chi connectivity index (χ0) is 13.8. The average Bonchev–Trinajstić information content (AvgIpc) is 2.39. The molecule has 19 heavy (non-hydrogen) atoms. The van der Waals surface area contributed by atoms with Gasteiger partial charge >= 0.3 is 0 Å². The van der Waals surface area contributed by atoms with Crippen LogP contribution < -0.4 is 5.32 Å². The minimum atomic E-state index is -0.590. The van der Waals surface area contributed by atoms with Crippen molar-refractivity contribution in [2.24, 2.45) is 0 Å². The van der Waals surface area contributed by atoms with Crippen molar-refractivity contribution in [1.29, 1.82) is 5.26 Å². The van der Waals surface area contributed by atoms with Gasteiger partial charge in [0.2, 0.25) is 0 Å². The SMILES string of the molecule is CC(Nc1cccc(F)c1C#N)c1ccccc1F. The molecule has 0 spiro atoms. The van der Waals surface area contributed by atoms with Gasteiger partial charge in [-0.15, -0.1) is 0 Å². The fourth-order valence-corrected chi connectivity index (χ4v) is 1.90. The Morgan fingerprint density at radius 1 is 1.05 bits per heavy atom. The Kier molecular flexibility index (Phi) is 3.76. The second kappa shape index (κ2) is 5.49. The summed E-state index contributed by atoms with van der Waals surface area (Å²) in [6.45, 7) is 1.75. The molecule has 1 atom stereocenters. The Morgan fingerprint density at radius 3 is 2.42 bits per heavy atom. The van der Waals surface area contributed by atoms with Crippen molar-refractivity contribution in [3.8, 4) is 6.07 Å². The van der Waals surface area contributed by atoms with Crippen LogP contribution in [0.2, 0.25) is 0 Å². The molecule has 0 aliphatic heterocycles. The maximum absolute atomic E-state index is 13.6. The van der Waals surface area contributed by atoms with Gasteiger partial charge in [-0.05, 0) is 25.1 Å². The van der Waals surface area contributed by atoms with Crippen LogP contribution in [-0.4, -0.2) is 0 Å². The Bertz CT molecular complexity index is 632. The van der Waals surface area contributed by atoms with Crippen LogP contribution in [-0.2, 0) is 0 Å². The highest BCUT2D eigenvalue weighted by Crippen LogP contribution is 2.25. The van der Waals surface area contributed by atoms with Crippen molar-refractivity contribution < 1.29 is 8.78 Å². The van der Waals surface area contributed by atoms with Crippen LogP contribution in [0.3, 0.4) is 0 Å². The molecule has 2 rings (SSSR count). The van der Waals surface area contributed by atoms with Crippen molar-refractivity contribution in [2.75, 3.05) is 5.32 Å². The maximum Gasteiger partial charge on any atom is 0.143 e. The number of nitrogens with one attached hydrogen (secondary N) is 1. The molecule has 4 heteroatoms. The van der Waals surface area contributed by atoms with Gasteiger partial charge in [-0.1, -0.05) is 24.3 Å². The number of nitrogens with zero attached hydrogens (tertiary/aromatic N) is 1. The number of halogens is 2. The van der Waals surface area contributed by atoms with Gasteiger partial charge in [0.15, 0.2) is 0 Å². The third-order valence-corrected chi connectivity index (χ3v) is 2.87. The molecule has 0 radical (unpaired) electrons. The Labute approximate surface area is 110 Å². The van der Waals surface area contributed by atoms with Gasteiger partial charge in [-0.25, -0.2) is 8.78 Å². The quantitative estimate of drug-likeness (QED) is 0.902. The summed E-state index contributed by atoms with van der Waals surface area (Å²) in [7, 11) is 0. The largest absolute Gasteiger partial charge is 0.377 e. The van der Waals surface area contributed by atoms with E-state index in [1.807, 2.05) is 0 Å². The molecule has 0 aromatic heterocycles. The summed E-state index contributed by atoms with van der Waals surface area (Å²) < 4.78 is 27.1. The van der Waals surface area contributed by atoms with Crippen LogP contribution in [0.1, 0.15) is 24.1 Å². The number of hydrogen-bond donors (Lipinski definition) is 1. The molecule has 0 amide bonds. The number of nitriles is 1. The Balaban J connectivity index is 2.30. The number of rotatable bonds is 3. The van der Waals surface area contributed by atoms with Crippen LogP contribution in [0.5, 0.6) is 0 Å². The summed E-state index contributed by atoms with van der Waals surface area (Å²) in [5.41, 5.74) is 0.764. The third-order valence-electron chi connectivity index (χ3n) is 2.87. The highest BCUT2D eigenvalue weighted by Gasteiger charge is 2.13. The van der Waals surface area contributed by atoms with Crippen LogP contribution in [0.15, 0.2) is 42.5 Å². The van der Waals surface area contributed by atoms with E-state index in [2.05, 4.69) is 5.32 Å². The van der Waals surface area contributed by atoms with E-state index in [4.69, 9.17) is 5.26 Å². The molecular weight excluding hydrogens is 246 g/mol. The van der Waals surface area contributed by atoms with Crippen LogP contribution >= 0.6 is 0 Å². The molecule has 2 aromatic rings. The lowest BCUT2D eigenvalue weighted by Gasteiger charge is -2.17. The first-order chi connectivity index (χ1) is 9.13. The highest BCUT2D eigenvalue weighted by atomic mass is 19.1. The zero-order valence-electron chi connectivity index (χ0n) is 10.3. The van der Waals surface area contributed by atoms with Crippen LogP contribution in [0.4, 0.5) is 14.5 Å². The van der Waals surface area contributed by atoms with Gasteiger partial charge in [0.05, 0.1) is 11.7 Å². The Hall–Kier alpha value is -2.41. The van der Waals surface area contributed by atoms with Crippen molar-refractivity contribution in [2.45, 2.75) is 13.0 Å². The van der Waals surface area contributed by atoms with E-state index in [0.717, 1.165) is 0 Å². The lowest BCUT2D eigenvalue weighted by molar-refractivity contribution is 0.600. The van der Waals surface area contributed by atoms with E-state index >= 15 is 0 Å². The Morgan fingerprint density at radius 2 is 1.74 bits per heavy atom. The normalized spacial score (nSPS) is 11.7. The monoisotopic (exact) mass is 258 g/mol. The van der Waals surface area contributed by atoms with Crippen molar-refractivity contribution in [3.05, 3.63) is 65.2 Å². The fraction of sp³-hybridized carbons (Fsp3) is 0.133. The molecule has 2 aromatic carbocycles. The molecule has 0 saturated heterocycles. The molecule has 0 aliphatic rings. The van der Waals surface area contributed by atoms with Gasteiger partial charge in [0.25, 0.3) is 0 Å². The first kappa shape index (κ1) is 13.0. The van der Waals surface area contributed by atoms with E-state index in [1.54, 1.807) is 37.3 Å². The molecule has 0 bridgehead atoms. The molecule has 0 saturated carbocycles. The van der Waals surface area contributed by atoms with Gasteiger partial charge in [0.1, 0.15) is 23.3 Å². The minimum Gasteiger partial charge on any atom is -0.377 e. The molecule has 0 aliphatic carbocycles. The van der Waals surface area contributed by atoms with E-state index in [1.165, 1.54) is 18.2 Å². The highest BCUT2D eigenvalue weighted by molar-refractivity contribution is 5.58. The van der Waals surface area contributed by atoms with Gasteiger partial charge < -0.3 is 5.32 Å². The number of anilines is 1.